The number of anilines is 2. The number of nitrogens with one attached hydrogen (secondary N) is 1. The number of pyridine rings is 1. The smallest absolute Gasteiger partial charge is 0.226 e. The lowest BCUT2D eigenvalue weighted by atomic mass is 10.3. The van der Waals surface area contributed by atoms with E-state index in [1.165, 1.54) is 0 Å². The highest BCUT2D eigenvalue weighted by molar-refractivity contribution is 6.32. The van der Waals surface area contributed by atoms with Crippen LogP contribution in [0.25, 0.3) is 11.2 Å². The fourth-order valence-corrected chi connectivity index (χ4v) is 2.68. The molecule has 0 amide bonds. The summed E-state index contributed by atoms with van der Waals surface area (Å²) in [5.74, 6) is 0.841. The van der Waals surface area contributed by atoms with Gasteiger partial charge in [-0.05, 0) is 12.5 Å². The minimum atomic E-state index is 0.345. The number of nitrogens with zero attached hydrogens (tertiary/aromatic N) is 5. The summed E-state index contributed by atoms with van der Waals surface area (Å²) in [5.41, 5.74) is 8.02. The van der Waals surface area contributed by atoms with Crippen molar-refractivity contribution in [3.05, 3.63) is 34.3 Å². The Morgan fingerprint density at radius 2 is 2.04 bits per heavy atom. The normalized spacial score (nSPS) is 11.1. The van der Waals surface area contributed by atoms with Crippen LogP contribution in [0, 0.1) is 0 Å². The molecule has 0 aliphatic heterocycles. The number of imidazole rings is 1. The molecule has 3 heterocycles. The fraction of sp³-hybridized carbons (Fsp3) is 0.333. The molecule has 0 aromatic carbocycles. The maximum Gasteiger partial charge on any atom is 0.226 e. The highest BCUT2D eigenvalue weighted by atomic mass is 35.5. The largest absolute Gasteiger partial charge is 0.382 e. The van der Waals surface area contributed by atoms with Gasteiger partial charge in [0.25, 0.3) is 0 Å². The second-order valence-electron chi connectivity index (χ2n) is 5.34. The van der Waals surface area contributed by atoms with Crippen molar-refractivity contribution in [2.75, 3.05) is 17.6 Å². The van der Waals surface area contributed by atoms with Crippen molar-refractivity contribution < 1.29 is 0 Å². The molecule has 3 aromatic heterocycles. The van der Waals surface area contributed by atoms with Crippen molar-refractivity contribution >= 4 is 46.1 Å². The Labute approximate surface area is 149 Å². The minimum absolute atomic E-state index is 0.345. The molecule has 0 spiro atoms. The van der Waals surface area contributed by atoms with Gasteiger partial charge in [0.05, 0.1) is 12.9 Å². The third-order valence-electron chi connectivity index (χ3n) is 3.54. The van der Waals surface area contributed by atoms with Crippen molar-refractivity contribution in [2.45, 2.75) is 26.3 Å². The fourth-order valence-electron chi connectivity index (χ4n) is 2.28. The molecule has 126 valence electrons. The van der Waals surface area contributed by atoms with Crippen molar-refractivity contribution in [2.24, 2.45) is 0 Å². The summed E-state index contributed by atoms with van der Waals surface area (Å²) in [6.07, 6.45) is 3.79. The summed E-state index contributed by atoms with van der Waals surface area (Å²) in [6.45, 7) is 3.38. The first kappa shape index (κ1) is 16.7. The molecule has 0 bridgehead atoms. The number of fused-ring (bicyclic) bond motifs is 1. The van der Waals surface area contributed by atoms with Crippen LogP contribution in [-0.2, 0) is 6.54 Å². The van der Waals surface area contributed by atoms with E-state index in [1.54, 1.807) is 12.4 Å². The molecule has 9 heteroatoms. The highest BCUT2D eigenvalue weighted by Gasteiger charge is 2.13. The van der Waals surface area contributed by atoms with Gasteiger partial charge in [-0.2, -0.15) is 9.97 Å². The van der Waals surface area contributed by atoms with Gasteiger partial charge in [-0.25, -0.2) is 9.97 Å². The zero-order chi connectivity index (χ0) is 17.1. The zero-order valence-corrected chi connectivity index (χ0v) is 14.6. The molecular formula is C15H17Cl2N7. The van der Waals surface area contributed by atoms with Crippen LogP contribution in [0.3, 0.4) is 0 Å². The highest BCUT2D eigenvalue weighted by Crippen LogP contribution is 2.22. The van der Waals surface area contributed by atoms with Crippen molar-refractivity contribution in [3.8, 4) is 0 Å². The summed E-state index contributed by atoms with van der Waals surface area (Å²) in [4.78, 5) is 17.1. The van der Waals surface area contributed by atoms with Crippen LogP contribution in [-0.4, -0.2) is 31.0 Å². The van der Waals surface area contributed by atoms with E-state index in [9.17, 15) is 0 Å². The molecule has 0 radical (unpaired) electrons. The molecule has 0 fully saturated rings. The van der Waals surface area contributed by atoms with Crippen LogP contribution in [0.1, 0.15) is 25.3 Å². The quantitative estimate of drug-likeness (QED) is 0.513. The Kier molecular flexibility index (Phi) is 5.01. The maximum atomic E-state index is 6.15. The lowest BCUT2D eigenvalue weighted by molar-refractivity contribution is 0.805. The Balaban J connectivity index is 1.93. The molecular weight excluding hydrogens is 349 g/mol. The van der Waals surface area contributed by atoms with Crippen molar-refractivity contribution in [1.29, 1.82) is 0 Å². The lowest BCUT2D eigenvalue weighted by Crippen LogP contribution is -2.08. The molecule has 3 N–H and O–H groups in total. The topological polar surface area (TPSA) is 94.5 Å². The molecule has 7 nitrogen and oxygen atoms in total. The van der Waals surface area contributed by atoms with E-state index in [0.29, 0.717) is 39.8 Å². The number of nitrogens with two attached hydrogens (primary N) is 1. The second kappa shape index (κ2) is 7.19. The average Bonchev–Trinajstić information content (AvgIpc) is 2.94. The van der Waals surface area contributed by atoms with Crippen LogP contribution in [0.4, 0.5) is 11.8 Å². The number of hydrogen-bond donors (Lipinski definition) is 2. The number of halogens is 2. The number of rotatable bonds is 6. The lowest BCUT2D eigenvalue weighted by Gasteiger charge is -2.08. The predicted octanol–water partition coefficient (Wildman–Crippen LogP) is 3.37. The molecule has 3 aromatic rings. The van der Waals surface area contributed by atoms with Gasteiger partial charge in [-0.1, -0.05) is 42.6 Å². The molecule has 24 heavy (non-hydrogen) atoms. The van der Waals surface area contributed by atoms with E-state index in [0.717, 1.165) is 24.9 Å². The Bertz CT molecular complexity index is 862. The SMILES string of the molecule is CCCCNc1nc(N)c2ncn(Cc3ccc(Cl)nc3Cl)c2n1. The first-order valence-corrected chi connectivity index (χ1v) is 8.37. The first-order chi connectivity index (χ1) is 11.6. The van der Waals surface area contributed by atoms with Crippen LogP contribution in [0.15, 0.2) is 18.5 Å². The molecule has 3 rings (SSSR count). The summed E-state index contributed by atoms with van der Waals surface area (Å²) < 4.78 is 1.86. The maximum absolute atomic E-state index is 6.15. The Morgan fingerprint density at radius 3 is 2.79 bits per heavy atom. The van der Waals surface area contributed by atoms with Gasteiger partial charge in [0.1, 0.15) is 15.8 Å². The predicted molar refractivity (Wildman–Crippen MR) is 96.5 cm³/mol. The molecule has 0 unspecified atom stereocenters. The van der Waals surface area contributed by atoms with E-state index >= 15 is 0 Å². The van der Waals surface area contributed by atoms with Gasteiger partial charge in [0, 0.05) is 12.1 Å². The van der Waals surface area contributed by atoms with Gasteiger partial charge in [-0.15, -0.1) is 0 Å². The van der Waals surface area contributed by atoms with Gasteiger partial charge in [0.2, 0.25) is 5.95 Å². The van der Waals surface area contributed by atoms with Crippen LogP contribution in [0.2, 0.25) is 10.3 Å². The Morgan fingerprint density at radius 1 is 1.21 bits per heavy atom. The van der Waals surface area contributed by atoms with E-state index in [4.69, 9.17) is 28.9 Å². The van der Waals surface area contributed by atoms with Crippen LogP contribution >= 0.6 is 23.2 Å². The number of unbranched alkanes of at least 4 members (excludes halogenated alkanes) is 1. The van der Waals surface area contributed by atoms with Crippen LogP contribution < -0.4 is 11.1 Å². The summed E-state index contributed by atoms with van der Waals surface area (Å²) in [5, 5.41) is 3.89. The molecule has 0 aliphatic carbocycles. The van der Waals surface area contributed by atoms with E-state index in [-0.39, 0.29) is 0 Å². The van der Waals surface area contributed by atoms with Crippen molar-refractivity contribution in [1.82, 2.24) is 24.5 Å². The van der Waals surface area contributed by atoms with E-state index in [1.807, 2.05) is 10.6 Å². The minimum Gasteiger partial charge on any atom is -0.382 e. The molecule has 0 saturated carbocycles. The molecule has 0 atom stereocenters. The monoisotopic (exact) mass is 365 g/mol. The molecule has 0 saturated heterocycles. The van der Waals surface area contributed by atoms with Gasteiger partial charge in [0.15, 0.2) is 11.5 Å². The first-order valence-electron chi connectivity index (χ1n) is 7.61. The third kappa shape index (κ3) is 3.52. The zero-order valence-electron chi connectivity index (χ0n) is 13.1. The van der Waals surface area contributed by atoms with Crippen LogP contribution in [0.5, 0.6) is 0 Å². The number of hydrogen-bond acceptors (Lipinski definition) is 6. The Hall–Kier alpha value is -2.12. The van der Waals surface area contributed by atoms with E-state index < -0.39 is 0 Å². The third-order valence-corrected chi connectivity index (χ3v) is 4.07. The number of nitrogen functional groups attached to an aromatic ring is 1. The number of aromatic nitrogens is 5. The van der Waals surface area contributed by atoms with E-state index in [2.05, 4.69) is 32.2 Å². The van der Waals surface area contributed by atoms with Gasteiger partial charge in [-0.3, -0.25) is 0 Å². The van der Waals surface area contributed by atoms with Crippen molar-refractivity contribution in [3.63, 3.8) is 0 Å². The summed E-state index contributed by atoms with van der Waals surface area (Å²) in [7, 11) is 0. The summed E-state index contributed by atoms with van der Waals surface area (Å²) >= 11 is 12.0. The second-order valence-corrected chi connectivity index (χ2v) is 6.09. The standard InChI is InChI=1S/C15H17Cl2N7/c1-2-3-6-19-15-22-13(18)11-14(23-15)24(8-20-11)7-9-4-5-10(16)21-12(9)17/h4-5,8H,2-3,6-7H2,1H3,(H3,18,19,22,23). The van der Waals surface area contributed by atoms with Gasteiger partial charge < -0.3 is 15.6 Å². The summed E-state index contributed by atoms with van der Waals surface area (Å²) in [6, 6.07) is 3.53. The molecule has 0 aliphatic rings. The average molecular weight is 366 g/mol. The van der Waals surface area contributed by atoms with Gasteiger partial charge >= 0.3 is 0 Å².